The van der Waals surface area contributed by atoms with E-state index in [9.17, 15) is 5.26 Å². The number of hydrogen-bond acceptors (Lipinski definition) is 7. The highest BCUT2D eigenvalue weighted by Crippen LogP contribution is 2.50. The first-order chi connectivity index (χ1) is 17.4. The van der Waals surface area contributed by atoms with Crippen LogP contribution in [0.2, 0.25) is 10.0 Å². The zero-order chi connectivity index (χ0) is 25.4. The fourth-order valence-electron chi connectivity index (χ4n) is 4.14. The molecule has 1 atom stereocenters. The average molecular weight is 590 g/mol. The van der Waals surface area contributed by atoms with Crippen molar-refractivity contribution in [2.75, 3.05) is 13.4 Å². The maximum Gasteiger partial charge on any atom is 0.231 e. The molecule has 0 aliphatic carbocycles. The van der Waals surface area contributed by atoms with Crippen molar-refractivity contribution < 1.29 is 23.7 Å². The van der Waals surface area contributed by atoms with Crippen LogP contribution < -0.4 is 29.4 Å². The lowest BCUT2D eigenvalue weighted by Gasteiger charge is -2.27. The van der Waals surface area contributed by atoms with Crippen molar-refractivity contribution in [3.8, 4) is 34.8 Å². The van der Waals surface area contributed by atoms with E-state index in [0.29, 0.717) is 49.9 Å². The number of benzene rings is 3. The molecule has 0 spiro atoms. The van der Waals surface area contributed by atoms with Crippen molar-refractivity contribution in [3.05, 3.63) is 85.1 Å². The summed E-state index contributed by atoms with van der Waals surface area (Å²) in [5.74, 6) is 2.12. The lowest BCUT2D eigenvalue weighted by molar-refractivity contribution is 0.174. The first-order valence-corrected chi connectivity index (χ1v) is 12.5. The second kappa shape index (κ2) is 10.0. The first kappa shape index (κ1) is 24.4. The van der Waals surface area contributed by atoms with Crippen molar-refractivity contribution in [3.63, 3.8) is 0 Å². The smallest absolute Gasteiger partial charge is 0.231 e. The summed E-state index contributed by atoms with van der Waals surface area (Å²) in [6.45, 7) is 2.60. The van der Waals surface area contributed by atoms with Gasteiger partial charge in [0, 0.05) is 27.2 Å². The Balaban J connectivity index is 1.56. The van der Waals surface area contributed by atoms with Gasteiger partial charge in [-0.15, -0.1) is 0 Å². The molecule has 10 heteroatoms. The minimum Gasteiger partial charge on any atom is -0.490 e. The van der Waals surface area contributed by atoms with Gasteiger partial charge in [0.15, 0.2) is 23.0 Å². The molecule has 5 rings (SSSR count). The van der Waals surface area contributed by atoms with Gasteiger partial charge in [0.05, 0.1) is 17.0 Å². The molecule has 3 aromatic carbocycles. The number of nitrogens with zero attached hydrogens (tertiary/aromatic N) is 1. The van der Waals surface area contributed by atoms with Gasteiger partial charge in [-0.05, 0) is 58.7 Å². The number of nitrogens with two attached hydrogens (primary N) is 1. The Morgan fingerprint density at radius 3 is 2.58 bits per heavy atom. The van der Waals surface area contributed by atoms with Gasteiger partial charge in [-0.25, -0.2) is 0 Å². The van der Waals surface area contributed by atoms with E-state index in [1.54, 1.807) is 18.2 Å². The molecule has 0 bridgehead atoms. The van der Waals surface area contributed by atoms with Gasteiger partial charge in [-0.1, -0.05) is 29.3 Å². The van der Waals surface area contributed by atoms with E-state index in [0.717, 1.165) is 16.7 Å². The number of fused-ring (bicyclic) bond motifs is 2. The fourth-order valence-corrected chi connectivity index (χ4v) is 5.17. The Hall–Kier alpha value is -3.25. The normalized spacial score (nSPS) is 15.7. The standard InChI is InChI=1S/C26H19BrCl2N2O5/c1-2-32-23-6-14(5-18(27)25(23)33-11-13-3-4-15(28)7-19(13)29)24-16-8-21-22(35-12-34-21)9-20(16)36-26(31)17(24)10-30/h3-9,24H,2,11-12,31H2,1H3/t24-/m1/s1. The second-order valence-electron chi connectivity index (χ2n) is 7.96. The van der Waals surface area contributed by atoms with Crippen LogP contribution in [0.4, 0.5) is 0 Å². The quantitative estimate of drug-likeness (QED) is 0.342. The minimum absolute atomic E-state index is 0.0284. The first-order valence-electron chi connectivity index (χ1n) is 10.9. The summed E-state index contributed by atoms with van der Waals surface area (Å²) in [7, 11) is 0. The Labute approximate surface area is 226 Å². The summed E-state index contributed by atoms with van der Waals surface area (Å²) in [6.07, 6.45) is 0. The van der Waals surface area contributed by atoms with Crippen molar-refractivity contribution in [2.24, 2.45) is 5.73 Å². The predicted molar refractivity (Wildman–Crippen MR) is 138 cm³/mol. The van der Waals surface area contributed by atoms with Gasteiger partial charge in [-0.3, -0.25) is 0 Å². The van der Waals surface area contributed by atoms with Crippen LogP contribution in [0.5, 0.6) is 28.7 Å². The van der Waals surface area contributed by atoms with Gasteiger partial charge in [0.2, 0.25) is 12.7 Å². The Bertz CT molecular complexity index is 1440. The van der Waals surface area contributed by atoms with Crippen molar-refractivity contribution >= 4 is 39.1 Å². The minimum atomic E-state index is -0.525. The summed E-state index contributed by atoms with van der Waals surface area (Å²) in [5.41, 5.74) is 8.68. The van der Waals surface area contributed by atoms with Gasteiger partial charge in [0.1, 0.15) is 24.0 Å². The lowest BCUT2D eigenvalue weighted by Crippen LogP contribution is -2.21. The molecular formula is C26H19BrCl2N2O5. The van der Waals surface area contributed by atoms with Gasteiger partial charge >= 0.3 is 0 Å². The molecule has 0 unspecified atom stereocenters. The van der Waals surface area contributed by atoms with Crippen LogP contribution in [0.3, 0.4) is 0 Å². The highest BCUT2D eigenvalue weighted by atomic mass is 79.9. The zero-order valence-corrected chi connectivity index (χ0v) is 22.0. The SMILES string of the molecule is CCOc1cc([C@H]2C(C#N)=C(N)Oc3cc4c(cc32)OCO4)cc(Br)c1OCc1ccc(Cl)cc1Cl. The third kappa shape index (κ3) is 4.50. The predicted octanol–water partition coefficient (Wildman–Crippen LogP) is 6.68. The summed E-state index contributed by atoms with van der Waals surface area (Å²) < 4.78 is 29.5. The van der Waals surface area contributed by atoms with Gasteiger partial charge < -0.3 is 29.4 Å². The molecule has 36 heavy (non-hydrogen) atoms. The van der Waals surface area contributed by atoms with E-state index in [1.807, 2.05) is 31.2 Å². The molecule has 7 nitrogen and oxygen atoms in total. The van der Waals surface area contributed by atoms with E-state index >= 15 is 0 Å². The van der Waals surface area contributed by atoms with Crippen LogP contribution in [-0.2, 0) is 6.61 Å². The highest BCUT2D eigenvalue weighted by Gasteiger charge is 2.34. The van der Waals surface area contributed by atoms with Gasteiger partial charge in [0.25, 0.3) is 0 Å². The number of rotatable bonds is 6. The molecule has 0 radical (unpaired) electrons. The topological polar surface area (TPSA) is 96.0 Å². The largest absolute Gasteiger partial charge is 0.490 e. The van der Waals surface area contributed by atoms with Crippen LogP contribution >= 0.6 is 39.1 Å². The molecule has 3 aromatic rings. The molecule has 0 amide bonds. The number of nitriles is 1. The van der Waals surface area contributed by atoms with Crippen molar-refractivity contribution in [1.29, 1.82) is 5.26 Å². The molecule has 2 heterocycles. The maximum absolute atomic E-state index is 9.95. The summed E-state index contributed by atoms with van der Waals surface area (Å²) in [4.78, 5) is 0. The monoisotopic (exact) mass is 588 g/mol. The van der Waals surface area contributed by atoms with Crippen LogP contribution in [0.1, 0.15) is 29.5 Å². The average Bonchev–Trinajstić information content (AvgIpc) is 3.30. The molecule has 0 aromatic heterocycles. The summed E-state index contributed by atoms with van der Waals surface area (Å²) in [6, 6.07) is 14.7. The lowest BCUT2D eigenvalue weighted by atomic mass is 9.83. The summed E-state index contributed by atoms with van der Waals surface area (Å²) in [5, 5.41) is 11.0. The molecule has 0 saturated carbocycles. The molecule has 2 aliphatic rings. The van der Waals surface area contributed by atoms with Crippen LogP contribution in [0.25, 0.3) is 0 Å². The third-order valence-corrected chi connectivity index (χ3v) is 6.94. The van der Waals surface area contributed by atoms with E-state index in [2.05, 4.69) is 22.0 Å². The van der Waals surface area contributed by atoms with Crippen molar-refractivity contribution in [1.82, 2.24) is 0 Å². The second-order valence-corrected chi connectivity index (χ2v) is 9.65. The van der Waals surface area contributed by atoms with Crippen molar-refractivity contribution in [2.45, 2.75) is 19.4 Å². The van der Waals surface area contributed by atoms with Gasteiger partial charge in [-0.2, -0.15) is 5.26 Å². The third-order valence-electron chi connectivity index (χ3n) is 5.76. The molecule has 2 N–H and O–H groups in total. The molecule has 184 valence electrons. The number of hydrogen-bond donors (Lipinski definition) is 1. The molecular weight excluding hydrogens is 571 g/mol. The number of allylic oxidation sites excluding steroid dienone is 1. The van der Waals surface area contributed by atoms with Crippen LogP contribution in [0, 0.1) is 11.3 Å². The Kier molecular flexibility index (Phi) is 6.80. The summed E-state index contributed by atoms with van der Waals surface area (Å²) >= 11 is 15.9. The number of ether oxygens (including phenoxy) is 5. The van der Waals surface area contributed by atoms with E-state index < -0.39 is 5.92 Å². The maximum atomic E-state index is 9.95. The van der Waals surface area contributed by atoms with E-state index in [1.165, 1.54) is 0 Å². The van der Waals surface area contributed by atoms with E-state index in [4.69, 9.17) is 52.6 Å². The molecule has 0 saturated heterocycles. The van der Waals surface area contributed by atoms with Crippen LogP contribution in [0.15, 0.2) is 58.4 Å². The molecule has 2 aliphatic heterocycles. The number of halogens is 3. The van der Waals surface area contributed by atoms with Crippen LogP contribution in [-0.4, -0.2) is 13.4 Å². The fraction of sp³-hybridized carbons (Fsp3) is 0.192. The molecule has 0 fully saturated rings. The Morgan fingerprint density at radius 2 is 1.86 bits per heavy atom. The Morgan fingerprint density at radius 1 is 1.08 bits per heavy atom. The highest BCUT2D eigenvalue weighted by molar-refractivity contribution is 9.10. The van der Waals surface area contributed by atoms with E-state index in [-0.39, 0.29) is 24.9 Å². The zero-order valence-electron chi connectivity index (χ0n) is 18.9.